The third kappa shape index (κ3) is 4.43. The number of ether oxygens (including phenoxy) is 1. The van der Waals surface area contributed by atoms with Gasteiger partial charge in [0.05, 0.1) is 5.70 Å². The zero-order valence-electron chi connectivity index (χ0n) is 11.7. The summed E-state index contributed by atoms with van der Waals surface area (Å²) in [5, 5.41) is 10.3. The average Bonchev–Trinajstić information content (AvgIpc) is 2.52. The van der Waals surface area contributed by atoms with Crippen LogP contribution in [-0.4, -0.2) is 17.6 Å². The molecule has 0 heterocycles. The number of hydrogen-bond donors (Lipinski definition) is 3. The third-order valence-electron chi connectivity index (χ3n) is 2.77. The van der Waals surface area contributed by atoms with Crippen molar-refractivity contribution in [3.63, 3.8) is 0 Å². The van der Waals surface area contributed by atoms with E-state index in [0.717, 1.165) is 0 Å². The van der Waals surface area contributed by atoms with Gasteiger partial charge in [0.15, 0.2) is 6.61 Å². The summed E-state index contributed by atoms with van der Waals surface area (Å²) >= 11 is 5.75. The number of para-hydroxylation sites is 1. The Labute approximate surface area is 133 Å². The van der Waals surface area contributed by atoms with Crippen LogP contribution < -0.4 is 15.6 Å². The van der Waals surface area contributed by atoms with Gasteiger partial charge in [-0.2, -0.15) is 0 Å². The molecule has 0 saturated carbocycles. The van der Waals surface area contributed by atoms with Crippen LogP contribution in [0.4, 0.5) is 0 Å². The van der Waals surface area contributed by atoms with Crippen LogP contribution in [0.1, 0.15) is 5.56 Å². The molecule has 0 spiro atoms. The molecule has 0 atom stereocenters. The number of rotatable bonds is 6. The quantitative estimate of drug-likeness (QED) is 0.716. The van der Waals surface area contributed by atoms with Crippen LogP contribution in [-0.2, 0) is 4.79 Å². The van der Waals surface area contributed by atoms with Crippen LogP contribution in [0, 0.1) is 0 Å². The molecule has 2 aromatic carbocycles. The minimum absolute atomic E-state index is 0.0756. The van der Waals surface area contributed by atoms with Crippen molar-refractivity contribution in [3.8, 4) is 11.5 Å². The number of amides is 1. The fourth-order valence-electron chi connectivity index (χ4n) is 1.66. The van der Waals surface area contributed by atoms with Crippen LogP contribution in [0.25, 0.3) is 5.70 Å². The van der Waals surface area contributed by atoms with E-state index >= 15 is 0 Å². The lowest BCUT2D eigenvalue weighted by molar-refractivity contribution is -0.123. The number of phenolic OH excluding ortho intramolecular Hbond substituents is 1. The molecule has 5 nitrogen and oxygen atoms in total. The van der Waals surface area contributed by atoms with Crippen molar-refractivity contribution in [3.05, 3.63) is 65.7 Å². The average molecular weight is 319 g/mol. The van der Waals surface area contributed by atoms with Gasteiger partial charge in [0.2, 0.25) is 0 Å². The van der Waals surface area contributed by atoms with Crippen LogP contribution in [0.15, 0.2) is 55.1 Å². The van der Waals surface area contributed by atoms with E-state index < -0.39 is 0 Å². The molecule has 0 aliphatic heterocycles. The molecule has 0 unspecified atom stereocenters. The van der Waals surface area contributed by atoms with Gasteiger partial charge in [0.1, 0.15) is 11.5 Å². The molecule has 1 amide bonds. The maximum absolute atomic E-state index is 11.7. The molecule has 0 radical (unpaired) electrons. The van der Waals surface area contributed by atoms with Crippen molar-refractivity contribution in [2.75, 3.05) is 6.61 Å². The molecule has 22 heavy (non-hydrogen) atoms. The van der Waals surface area contributed by atoms with E-state index in [2.05, 4.69) is 17.4 Å². The second-order valence-electron chi connectivity index (χ2n) is 4.41. The molecule has 2 aromatic rings. The van der Waals surface area contributed by atoms with E-state index in [1.807, 2.05) is 0 Å². The number of carbonyl (C=O) groups excluding carboxylic acids is 1. The Kier molecular flexibility index (Phi) is 5.27. The van der Waals surface area contributed by atoms with Gasteiger partial charge in [-0.1, -0.05) is 30.3 Å². The molecule has 0 bridgehead atoms. The van der Waals surface area contributed by atoms with Crippen LogP contribution >= 0.6 is 11.6 Å². The van der Waals surface area contributed by atoms with Gasteiger partial charge in [-0.3, -0.25) is 15.6 Å². The van der Waals surface area contributed by atoms with Crippen LogP contribution in [0.2, 0.25) is 5.02 Å². The van der Waals surface area contributed by atoms with E-state index in [1.54, 1.807) is 42.5 Å². The van der Waals surface area contributed by atoms with Crippen LogP contribution in [0.3, 0.4) is 0 Å². The summed E-state index contributed by atoms with van der Waals surface area (Å²) in [5.41, 5.74) is 5.94. The van der Waals surface area contributed by atoms with Crippen molar-refractivity contribution in [1.29, 1.82) is 0 Å². The molecule has 0 aromatic heterocycles. The number of benzene rings is 2. The van der Waals surface area contributed by atoms with Gasteiger partial charge in [0.25, 0.3) is 5.91 Å². The van der Waals surface area contributed by atoms with Crippen molar-refractivity contribution >= 4 is 23.2 Å². The van der Waals surface area contributed by atoms with E-state index in [1.165, 1.54) is 6.07 Å². The minimum Gasteiger partial charge on any atom is -0.507 e. The highest BCUT2D eigenvalue weighted by Crippen LogP contribution is 2.20. The highest BCUT2D eigenvalue weighted by atomic mass is 35.5. The number of carbonyl (C=O) groups is 1. The first-order valence-electron chi connectivity index (χ1n) is 6.47. The van der Waals surface area contributed by atoms with Gasteiger partial charge in [0, 0.05) is 10.6 Å². The van der Waals surface area contributed by atoms with Gasteiger partial charge in [-0.15, -0.1) is 0 Å². The second-order valence-corrected chi connectivity index (χ2v) is 4.85. The number of phenols is 1. The first-order valence-corrected chi connectivity index (χ1v) is 6.84. The summed E-state index contributed by atoms with van der Waals surface area (Å²) in [6, 6.07) is 13.4. The van der Waals surface area contributed by atoms with E-state index in [-0.39, 0.29) is 18.3 Å². The van der Waals surface area contributed by atoms with Gasteiger partial charge in [-0.05, 0) is 36.4 Å². The van der Waals surface area contributed by atoms with Crippen molar-refractivity contribution in [2.45, 2.75) is 0 Å². The Bertz CT molecular complexity index is 671. The largest absolute Gasteiger partial charge is 0.507 e. The monoisotopic (exact) mass is 318 g/mol. The molecule has 114 valence electrons. The number of nitrogens with one attached hydrogen (secondary N) is 2. The van der Waals surface area contributed by atoms with Gasteiger partial charge in [-0.25, -0.2) is 0 Å². The topological polar surface area (TPSA) is 70.6 Å². The molecule has 2 rings (SSSR count). The Morgan fingerprint density at radius 2 is 1.82 bits per heavy atom. The molecular formula is C16H15ClN2O3. The van der Waals surface area contributed by atoms with Crippen molar-refractivity contribution < 1.29 is 14.6 Å². The summed E-state index contributed by atoms with van der Waals surface area (Å²) in [4.78, 5) is 11.7. The zero-order valence-corrected chi connectivity index (χ0v) is 12.4. The summed E-state index contributed by atoms with van der Waals surface area (Å²) in [7, 11) is 0. The lowest BCUT2D eigenvalue weighted by Crippen LogP contribution is -2.38. The van der Waals surface area contributed by atoms with Crippen molar-refractivity contribution in [2.24, 2.45) is 0 Å². The van der Waals surface area contributed by atoms with E-state index in [4.69, 9.17) is 16.3 Å². The van der Waals surface area contributed by atoms with E-state index in [9.17, 15) is 9.90 Å². The minimum atomic E-state index is -0.383. The van der Waals surface area contributed by atoms with E-state index in [0.29, 0.717) is 22.0 Å². The fraction of sp³-hybridized carbons (Fsp3) is 0.0625. The number of aromatic hydroxyl groups is 1. The molecule has 0 saturated heterocycles. The first-order chi connectivity index (χ1) is 10.6. The molecular weight excluding hydrogens is 304 g/mol. The van der Waals surface area contributed by atoms with Gasteiger partial charge < -0.3 is 9.84 Å². The molecule has 0 aliphatic carbocycles. The summed E-state index contributed by atoms with van der Waals surface area (Å²) in [6.45, 7) is 3.58. The highest BCUT2D eigenvalue weighted by Gasteiger charge is 2.06. The Balaban J connectivity index is 1.79. The summed E-state index contributed by atoms with van der Waals surface area (Å²) < 4.78 is 5.29. The predicted molar refractivity (Wildman–Crippen MR) is 85.4 cm³/mol. The maximum Gasteiger partial charge on any atom is 0.276 e. The smallest absolute Gasteiger partial charge is 0.276 e. The molecule has 0 fully saturated rings. The lowest BCUT2D eigenvalue weighted by atomic mass is 10.1. The molecule has 6 heteroatoms. The Morgan fingerprint density at radius 3 is 2.50 bits per heavy atom. The van der Waals surface area contributed by atoms with Crippen molar-refractivity contribution in [1.82, 2.24) is 10.9 Å². The number of hydrazine groups is 1. The highest BCUT2D eigenvalue weighted by molar-refractivity contribution is 6.30. The van der Waals surface area contributed by atoms with Crippen LogP contribution in [0.5, 0.6) is 11.5 Å². The zero-order chi connectivity index (χ0) is 15.9. The standard InChI is InChI=1S/C16H15ClN2O3/c1-11(14-4-2-3-5-15(14)20)18-19-16(21)10-22-13-8-6-12(17)7-9-13/h2-9,18,20H,1,10H2,(H,19,21). The fourth-order valence-corrected chi connectivity index (χ4v) is 1.78. The first kappa shape index (κ1) is 15.7. The SMILES string of the molecule is C=C(NNC(=O)COc1ccc(Cl)cc1)c1ccccc1O. The molecule has 0 aliphatic rings. The molecule has 3 N–H and O–H groups in total. The Morgan fingerprint density at radius 1 is 1.14 bits per heavy atom. The summed E-state index contributed by atoms with van der Waals surface area (Å²) in [5.74, 6) is 0.234. The van der Waals surface area contributed by atoms with Gasteiger partial charge >= 0.3 is 0 Å². The lowest BCUT2D eigenvalue weighted by Gasteiger charge is -2.12. The third-order valence-corrected chi connectivity index (χ3v) is 3.02. The number of halogens is 1. The second kappa shape index (κ2) is 7.38. The normalized spacial score (nSPS) is 9.86. The predicted octanol–water partition coefficient (Wildman–Crippen LogP) is 2.72. The maximum atomic E-state index is 11.7. The summed E-state index contributed by atoms with van der Waals surface area (Å²) in [6.07, 6.45) is 0. The number of hydrogen-bond acceptors (Lipinski definition) is 4. The Hall–Kier alpha value is -2.66.